The van der Waals surface area contributed by atoms with Crippen LogP contribution in [0.5, 0.6) is 0 Å². The zero-order valence-electron chi connectivity index (χ0n) is 13.5. The maximum atomic E-state index is 12.6. The van der Waals surface area contributed by atoms with Crippen molar-refractivity contribution in [1.29, 1.82) is 0 Å². The normalized spacial score (nSPS) is 15.6. The Kier molecular flexibility index (Phi) is 4.69. The third kappa shape index (κ3) is 3.49. The second-order valence-electron chi connectivity index (χ2n) is 5.93. The zero-order chi connectivity index (χ0) is 17.2. The summed E-state index contributed by atoms with van der Waals surface area (Å²) in [5.41, 5.74) is 2.37. The van der Waals surface area contributed by atoms with Gasteiger partial charge in [-0.25, -0.2) is 8.42 Å². The van der Waals surface area contributed by atoms with Crippen LogP contribution in [0.2, 0.25) is 0 Å². The Bertz CT molecular complexity index is 834. The summed E-state index contributed by atoms with van der Waals surface area (Å²) in [6, 6.07) is 15.3. The smallest absolute Gasteiger partial charge is 0.241 e. The lowest BCUT2D eigenvalue weighted by Gasteiger charge is -2.31. The molecule has 2 aromatic rings. The van der Waals surface area contributed by atoms with Crippen LogP contribution in [0.1, 0.15) is 18.1 Å². The molecular formula is C18H20N2O3S. The largest absolute Gasteiger partial charge is 0.337 e. The van der Waals surface area contributed by atoms with E-state index in [-0.39, 0.29) is 10.8 Å². The highest BCUT2D eigenvalue weighted by Crippen LogP contribution is 2.19. The monoisotopic (exact) mass is 344 g/mol. The first kappa shape index (κ1) is 16.7. The van der Waals surface area contributed by atoms with Gasteiger partial charge in [-0.1, -0.05) is 42.5 Å². The summed E-state index contributed by atoms with van der Waals surface area (Å²) in [6.45, 7) is 2.71. The molecule has 0 aromatic heterocycles. The molecule has 5 nitrogen and oxygen atoms in total. The molecule has 24 heavy (non-hydrogen) atoms. The van der Waals surface area contributed by atoms with E-state index in [9.17, 15) is 13.2 Å². The Balaban J connectivity index is 1.70. The standard InChI is InChI=1S/C18H20N2O3S/c1-14(19-24(22,23)17-9-3-2-4-10-17)18(21)20-12-11-15-7-5-6-8-16(15)13-20/h2-10,14,19H,11-13H2,1H3/t14-/m0/s1. The van der Waals surface area contributed by atoms with Gasteiger partial charge in [0.2, 0.25) is 15.9 Å². The van der Waals surface area contributed by atoms with E-state index in [0.29, 0.717) is 13.1 Å². The van der Waals surface area contributed by atoms with Crippen molar-refractivity contribution in [3.8, 4) is 0 Å². The minimum atomic E-state index is -3.70. The van der Waals surface area contributed by atoms with Crippen LogP contribution in [0.15, 0.2) is 59.5 Å². The number of fused-ring (bicyclic) bond motifs is 1. The highest BCUT2D eigenvalue weighted by molar-refractivity contribution is 7.89. The average Bonchev–Trinajstić information content (AvgIpc) is 2.61. The summed E-state index contributed by atoms with van der Waals surface area (Å²) in [4.78, 5) is 14.5. The molecule has 126 valence electrons. The topological polar surface area (TPSA) is 66.5 Å². The van der Waals surface area contributed by atoms with Gasteiger partial charge in [0.05, 0.1) is 10.9 Å². The predicted molar refractivity (Wildman–Crippen MR) is 91.8 cm³/mol. The van der Waals surface area contributed by atoms with E-state index >= 15 is 0 Å². The van der Waals surface area contributed by atoms with Gasteiger partial charge in [-0.3, -0.25) is 4.79 Å². The van der Waals surface area contributed by atoms with Gasteiger partial charge in [0.1, 0.15) is 0 Å². The molecule has 0 fully saturated rings. The van der Waals surface area contributed by atoms with Gasteiger partial charge in [-0.2, -0.15) is 4.72 Å². The van der Waals surface area contributed by atoms with E-state index in [1.807, 2.05) is 18.2 Å². The van der Waals surface area contributed by atoms with E-state index in [1.165, 1.54) is 17.7 Å². The number of benzene rings is 2. The first-order valence-electron chi connectivity index (χ1n) is 7.90. The molecular weight excluding hydrogens is 324 g/mol. The average molecular weight is 344 g/mol. The molecule has 3 rings (SSSR count). The van der Waals surface area contributed by atoms with Crippen LogP contribution in [0.3, 0.4) is 0 Å². The number of nitrogens with one attached hydrogen (secondary N) is 1. The minimum absolute atomic E-state index is 0.161. The van der Waals surface area contributed by atoms with Crippen LogP contribution < -0.4 is 4.72 Å². The molecule has 1 aliphatic rings. The van der Waals surface area contributed by atoms with E-state index in [0.717, 1.165) is 12.0 Å². The van der Waals surface area contributed by atoms with E-state index in [2.05, 4.69) is 10.8 Å². The SMILES string of the molecule is C[C@H](NS(=O)(=O)c1ccccc1)C(=O)N1CCc2ccccc2C1. The van der Waals surface area contributed by atoms with Gasteiger partial charge >= 0.3 is 0 Å². The molecule has 1 amide bonds. The number of carbonyl (C=O) groups is 1. The molecule has 1 heterocycles. The first-order chi connectivity index (χ1) is 11.5. The molecule has 0 saturated heterocycles. The van der Waals surface area contributed by atoms with Crippen molar-refractivity contribution in [3.63, 3.8) is 0 Å². The van der Waals surface area contributed by atoms with E-state index < -0.39 is 16.1 Å². The van der Waals surface area contributed by atoms with Crippen LogP contribution in [0, 0.1) is 0 Å². The number of hydrogen-bond donors (Lipinski definition) is 1. The Morgan fingerprint density at radius 3 is 2.38 bits per heavy atom. The maximum absolute atomic E-state index is 12.6. The molecule has 1 N–H and O–H groups in total. The Morgan fingerprint density at radius 1 is 1.04 bits per heavy atom. The predicted octanol–water partition coefficient (Wildman–Crippen LogP) is 1.94. The van der Waals surface area contributed by atoms with Crippen LogP contribution in [-0.2, 0) is 27.8 Å². The van der Waals surface area contributed by atoms with Gasteiger partial charge in [0.25, 0.3) is 0 Å². The Labute approximate surface area is 142 Å². The fourth-order valence-corrected chi connectivity index (χ4v) is 4.13. The van der Waals surface area contributed by atoms with Crippen LogP contribution >= 0.6 is 0 Å². The van der Waals surface area contributed by atoms with Crippen molar-refractivity contribution in [1.82, 2.24) is 9.62 Å². The van der Waals surface area contributed by atoms with Crippen molar-refractivity contribution < 1.29 is 13.2 Å². The third-order valence-corrected chi connectivity index (χ3v) is 5.75. The van der Waals surface area contributed by atoms with Gasteiger partial charge < -0.3 is 4.90 Å². The van der Waals surface area contributed by atoms with Crippen LogP contribution in [0.4, 0.5) is 0 Å². The summed E-state index contributed by atoms with van der Waals surface area (Å²) < 4.78 is 27.2. The minimum Gasteiger partial charge on any atom is -0.337 e. The van der Waals surface area contributed by atoms with Gasteiger partial charge in [-0.05, 0) is 36.6 Å². The van der Waals surface area contributed by atoms with Crippen molar-refractivity contribution >= 4 is 15.9 Å². The summed E-state index contributed by atoms with van der Waals surface area (Å²) in [6.07, 6.45) is 0.792. The first-order valence-corrected chi connectivity index (χ1v) is 9.38. The summed E-state index contributed by atoms with van der Waals surface area (Å²) in [5, 5.41) is 0. The maximum Gasteiger partial charge on any atom is 0.241 e. The molecule has 0 bridgehead atoms. The quantitative estimate of drug-likeness (QED) is 0.922. The zero-order valence-corrected chi connectivity index (χ0v) is 14.3. The molecule has 2 aromatic carbocycles. The Hall–Kier alpha value is -2.18. The summed E-state index contributed by atoms with van der Waals surface area (Å²) >= 11 is 0. The van der Waals surface area contributed by atoms with Gasteiger partial charge in [-0.15, -0.1) is 0 Å². The van der Waals surface area contributed by atoms with E-state index in [4.69, 9.17) is 0 Å². The number of amides is 1. The number of rotatable bonds is 4. The lowest BCUT2D eigenvalue weighted by molar-refractivity contribution is -0.133. The highest BCUT2D eigenvalue weighted by Gasteiger charge is 2.27. The molecule has 6 heteroatoms. The molecule has 0 unspecified atom stereocenters. The van der Waals surface area contributed by atoms with Crippen molar-refractivity contribution in [3.05, 3.63) is 65.7 Å². The fourth-order valence-electron chi connectivity index (χ4n) is 2.91. The second kappa shape index (κ2) is 6.75. The molecule has 0 saturated carbocycles. The second-order valence-corrected chi connectivity index (χ2v) is 7.65. The number of hydrogen-bond acceptors (Lipinski definition) is 3. The van der Waals surface area contributed by atoms with Crippen molar-refractivity contribution in [2.45, 2.75) is 30.8 Å². The number of carbonyl (C=O) groups excluding carboxylic acids is 1. The number of nitrogens with zero attached hydrogens (tertiary/aromatic N) is 1. The third-order valence-electron chi connectivity index (χ3n) is 4.20. The fraction of sp³-hybridized carbons (Fsp3) is 0.278. The summed E-state index contributed by atoms with van der Waals surface area (Å²) in [7, 11) is -3.70. The Morgan fingerprint density at radius 2 is 1.67 bits per heavy atom. The molecule has 1 aliphatic heterocycles. The molecule has 0 radical (unpaired) electrons. The number of sulfonamides is 1. The van der Waals surface area contributed by atoms with Gasteiger partial charge in [0, 0.05) is 13.1 Å². The molecule has 0 spiro atoms. The lowest BCUT2D eigenvalue weighted by Crippen LogP contribution is -2.48. The van der Waals surface area contributed by atoms with Crippen molar-refractivity contribution in [2.75, 3.05) is 6.54 Å². The lowest BCUT2D eigenvalue weighted by atomic mass is 9.99. The highest BCUT2D eigenvalue weighted by atomic mass is 32.2. The molecule has 0 aliphatic carbocycles. The molecule has 1 atom stereocenters. The van der Waals surface area contributed by atoms with E-state index in [1.54, 1.807) is 30.0 Å². The van der Waals surface area contributed by atoms with Gasteiger partial charge in [0.15, 0.2) is 0 Å². The van der Waals surface area contributed by atoms with Crippen molar-refractivity contribution in [2.24, 2.45) is 0 Å². The summed E-state index contributed by atoms with van der Waals surface area (Å²) in [5.74, 6) is -0.205. The van der Waals surface area contributed by atoms with Crippen LogP contribution in [-0.4, -0.2) is 31.8 Å². The van der Waals surface area contributed by atoms with Crippen LogP contribution in [0.25, 0.3) is 0 Å².